The van der Waals surface area contributed by atoms with E-state index in [1.165, 1.54) is 0 Å². The van der Waals surface area contributed by atoms with Gasteiger partial charge in [-0.05, 0) is 12.2 Å². The SMILES string of the molecule is NCOC(N)=S. The van der Waals surface area contributed by atoms with Crippen molar-refractivity contribution in [2.45, 2.75) is 0 Å². The van der Waals surface area contributed by atoms with E-state index in [9.17, 15) is 0 Å². The Kier molecular flexibility index (Phi) is 2.70. The van der Waals surface area contributed by atoms with Crippen LogP contribution in [0.2, 0.25) is 0 Å². The smallest absolute Gasteiger partial charge is 0.255 e. The van der Waals surface area contributed by atoms with Gasteiger partial charge in [-0.1, -0.05) is 0 Å². The Balaban J connectivity index is 2.83. The average Bonchev–Trinajstić information content (AvgIpc) is 1.35. The zero-order chi connectivity index (χ0) is 4.99. The monoisotopic (exact) mass is 106 g/mol. The molecule has 0 heterocycles. The second-order valence-electron chi connectivity index (χ2n) is 0.630. The number of rotatable bonds is 1. The highest BCUT2D eigenvalue weighted by molar-refractivity contribution is 7.80. The Bertz CT molecular complexity index is 55.5. The lowest BCUT2D eigenvalue weighted by atomic mass is 11.2. The number of hydrogen-bond acceptors (Lipinski definition) is 3. The quantitative estimate of drug-likeness (QED) is 0.338. The van der Waals surface area contributed by atoms with Crippen LogP contribution in [-0.4, -0.2) is 11.9 Å². The lowest BCUT2D eigenvalue weighted by Gasteiger charge is -1.93. The number of thiocarbonyl (C=S) groups is 1. The first-order valence-corrected chi connectivity index (χ1v) is 1.80. The Morgan fingerprint density at radius 1 is 1.83 bits per heavy atom. The summed E-state index contributed by atoms with van der Waals surface area (Å²) in [6, 6.07) is 0. The predicted molar refractivity (Wildman–Crippen MR) is 26.9 cm³/mol. The molecule has 0 aliphatic carbocycles. The number of hydrogen-bond donors (Lipinski definition) is 2. The van der Waals surface area contributed by atoms with Crippen molar-refractivity contribution in [1.82, 2.24) is 0 Å². The van der Waals surface area contributed by atoms with Crippen molar-refractivity contribution in [3.05, 3.63) is 0 Å². The van der Waals surface area contributed by atoms with Gasteiger partial charge in [0.1, 0.15) is 6.73 Å². The van der Waals surface area contributed by atoms with Crippen LogP contribution in [0.3, 0.4) is 0 Å². The van der Waals surface area contributed by atoms with E-state index in [-0.39, 0.29) is 11.9 Å². The van der Waals surface area contributed by atoms with E-state index in [0.29, 0.717) is 0 Å². The summed E-state index contributed by atoms with van der Waals surface area (Å²) in [6.45, 7) is 0.0648. The van der Waals surface area contributed by atoms with Crippen LogP contribution in [0.1, 0.15) is 0 Å². The molecule has 0 aromatic rings. The summed E-state index contributed by atoms with van der Waals surface area (Å²) in [4.78, 5) is 0. The van der Waals surface area contributed by atoms with Gasteiger partial charge in [-0.15, -0.1) is 0 Å². The van der Waals surface area contributed by atoms with Gasteiger partial charge in [0.25, 0.3) is 5.17 Å². The molecule has 0 bridgehead atoms. The summed E-state index contributed by atoms with van der Waals surface area (Å²) >= 11 is 4.27. The van der Waals surface area contributed by atoms with Gasteiger partial charge in [-0.2, -0.15) is 0 Å². The minimum absolute atomic E-state index is 0.00231. The van der Waals surface area contributed by atoms with Crippen molar-refractivity contribution in [3.63, 3.8) is 0 Å². The van der Waals surface area contributed by atoms with Gasteiger partial charge in [0, 0.05) is 0 Å². The van der Waals surface area contributed by atoms with E-state index in [1.54, 1.807) is 0 Å². The van der Waals surface area contributed by atoms with Gasteiger partial charge < -0.3 is 10.5 Å². The van der Waals surface area contributed by atoms with Crippen molar-refractivity contribution in [2.75, 3.05) is 6.73 Å². The van der Waals surface area contributed by atoms with E-state index in [1.807, 2.05) is 0 Å². The fourth-order valence-corrected chi connectivity index (χ4v) is 0.150. The van der Waals surface area contributed by atoms with Gasteiger partial charge in [0.15, 0.2) is 0 Å². The molecule has 0 radical (unpaired) electrons. The van der Waals surface area contributed by atoms with Crippen LogP contribution >= 0.6 is 12.2 Å². The van der Waals surface area contributed by atoms with Crippen LogP contribution in [0.15, 0.2) is 0 Å². The molecule has 4 heteroatoms. The van der Waals surface area contributed by atoms with E-state index in [2.05, 4.69) is 17.0 Å². The maximum Gasteiger partial charge on any atom is 0.255 e. The molecule has 0 unspecified atom stereocenters. The van der Waals surface area contributed by atoms with E-state index >= 15 is 0 Å². The lowest BCUT2D eigenvalue weighted by molar-refractivity contribution is 0.321. The molecule has 3 nitrogen and oxygen atoms in total. The molecule has 6 heavy (non-hydrogen) atoms. The zero-order valence-electron chi connectivity index (χ0n) is 3.18. The van der Waals surface area contributed by atoms with E-state index in [0.717, 1.165) is 0 Å². The molecule has 0 saturated heterocycles. The van der Waals surface area contributed by atoms with Crippen LogP contribution in [-0.2, 0) is 4.74 Å². The normalized spacial score (nSPS) is 7.50. The van der Waals surface area contributed by atoms with Gasteiger partial charge in [-0.25, -0.2) is 0 Å². The van der Waals surface area contributed by atoms with Gasteiger partial charge in [-0.3, -0.25) is 5.73 Å². The second kappa shape index (κ2) is 2.87. The van der Waals surface area contributed by atoms with Crippen molar-refractivity contribution < 1.29 is 4.74 Å². The first-order chi connectivity index (χ1) is 2.77. The highest BCUT2D eigenvalue weighted by Crippen LogP contribution is 1.62. The Labute approximate surface area is 41.3 Å². The standard InChI is InChI=1S/C2H6N2OS/c3-1-5-2(4)6/h1,3H2,(H2,4,6). The fourth-order valence-electron chi connectivity index (χ4n) is 0.0821. The maximum absolute atomic E-state index is 4.84. The molecule has 0 aromatic carbocycles. The highest BCUT2D eigenvalue weighted by atomic mass is 32.1. The molecule has 0 rings (SSSR count). The molecule has 0 amide bonds. The van der Waals surface area contributed by atoms with Crippen LogP contribution in [0.4, 0.5) is 0 Å². The first kappa shape index (κ1) is 5.65. The van der Waals surface area contributed by atoms with Crippen molar-refractivity contribution >= 4 is 17.4 Å². The molecule has 0 saturated carbocycles. The molecule has 0 aliphatic rings. The van der Waals surface area contributed by atoms with Crippen LogP contribution in [0, 0.1) is 0 Å². The lowest BCUT2D eigenvalue weighted by Crippen LogP contribution is -2.17. The summed E-state index contributed by atoms with van der Waals surface area (Å²) < 4.78 is 4.33. The second-order valence-corrected chi connectivity index (χ2v) is 1.03. The van der Waals surface area contributed by atoms with Crippen molar-refractivity contribution in [2.24, 2.45) is 11.5 Å². The zero-order valence-corrected chi connectivity index (χ0v) is 3.99. The third-order valence-corrected chi connectivity index (χ3v) is 0.343. The molecule has 0 aliphatic heterocycles. The van der Waals surface area contributed by atoms with Crippen LogP contribution < -0.4 is 11.5 Å². The Morgan fingerprint density at radius 2 is 2.33 bits per heavy atom. The summed E-state index contributed by atoms with van der Waals surface area (Å²) in [5, 5.41) is -0.00231. The maximum atomic E-state index is 4.84. The van der Waals surface area contributed by atoms with Crippen LogP contribution in [0.25, 0.3) is 0 Å². The van der Waals surface area contributed by atoms with Crippen molar-refractivity contribution in [3.8, 4) is 0 Å². The van der Waals surface area contributed by atoms with Gasteiger partial charge in [0.2, 0.25) is 0 Å². The molecule has 36 valence electrons. The highest BCUT2D eigenvalue weighted by Gasteiger charge is 1.76. The third-order valence-electron chi connectivity index (χ3n) is 0.226. The molecule has 4 N–H and O–H groups in total. The van der Waals surface area contributed by atoms with Crippen LogP contribution in [0.5, 0.6) is 0 Å². The fraction of sp³-hybridized carbons (Fsp3) is 0.500. The summed E-state index contributed by atoms with van der Waals surface area (Å²) in [6.07, 6.45) is 0. The summed E-state index contributed by atoms with van der Waals surface area (Å²) in [5.74, 6) is 0. The first-order valence-electron chi connectivity index (χ1n) is 1.39. The predicted octanol–water partition coefficient (Wildman–Crippen LogP) is -0.837. The van der Waals surface area contributed by atoms with Gasteiger partial charge in [0.05, 0.1) is 0 Å². The number of nitrogens with two attached hydrogens (primary N) is 2. The molecule has 0 aromatic heterocycles. The molecular formula is C2H6N2OS. The van der Waals surface area contributed by atoms with E-state index < -0.39 is 0 Å². The molecule has 0 fully saturated rings. The van der Waals surface area contributed by atoms with E-state index in [4.69, 9.17) is 11.5 Å². The Morgan fingerprint density at radius 3 is 2.33 bits per heavy atom. The third kappa shape index (κ3) is 3.65. The average molecular weight is 106 g/mol. The largest absolute Gasteiger partial charge is 0.455 e. The van der Waals surface area contributed by atoms with Gasteiger partial charge >= 0.3 is 0 Å². The summed E-state index contributed by atoms with van der Waals surface area (Å²) in [7, 11) is 0. The number of ether oxygens (including phenoxy) is 1. The topological polar surface area (TPSA) is 61.3 Å². The summed E-state index contributed by atoms with van der Waals surface area (Å²) in [5.41, 5.74) is 9.67. The van der Waals surface area contributed by atoms with Crippen molar-refractivity contribution in [1.29, 1.82) is 0 Å². The molecular weight excluding hydrogens is 100 g/mol. The Hall–Kier alpha value is -0.350. The minimum atomic E-state index is -0.00231. The molecule has 0 atom stereocenters. The minimum Gasteiger partial charge on any atom is -0.455 e. The molecule has 0 spiro atoms.